The number of nitrogens with one attached hydrogen (secondary N) is 2. The molecule has 3 aromatic rings. The van der Waals surface area contributed by atoms with Crippen LogP contribution in [0, 0.1) is 6.92 Å². The molecule has 0 saturated carbocycles. The highest BCUT2D eigenvalue weighted by Crippen LogP contribution is 2.20. The summed E-state index contributed by atoms with van der Waals surface area (Å²) in [6.45, 7) is 4.30. The molecule has 1 fully saturated rings. The Kier molecular flexibility index (Phi) is 6.80. The average Bonchev–Trinajstić information content (AvgIpc) is 3.45. The maximum absolute atomic E-state index is 12.7. The van der Waals surface area contributed by atoms with E-state index in [2.05, 4.69) is 25.7 Å². The van der Waals surface area contributed by atoms with Crippen LogP contribution in [0.4, 0.5) is 14.6 Å². The highest BCUT2D eigenvalue weighted by molar-refractivity contribution is 5.93. The van der Waals surface area contributed by atoms with Crippen LogP contribution < -0.4 is 15.5 Å². The molecular formula is C23H25F2N7O2. The van der Waals surface area contributed by atoms with E-state index in [4.69, 9.17) is 0 Å². The zero-order valence-corrected chi connectivity index (χ0v) is 18.8. The predicted octanol–water partition coefficient (Wildman–Crippen LogP) is 2.47. The standard InChI is InChI=1S/C23H25F2N7O2/c1-3-4-15-10-26-17(9-14(15)2)22(33)29-16-7-8-31(13-16)21-6-5-20-27-11-18(32(20)30-21)23(34)28-12-19(24)25/h3-6,9-11,16,19H,7-8,12-13H2,1-2H3,(H,28,34)(H,29,33)/b4-3+/t16-/m0/s1. The Morgan fingerprint density at radius 2 is 2.06 bits per heavy atom. The van der Waals surface area contributed by atoms with E-state index in [-0.39, 0.29) is 17.6 Å². The number of rotatable bonds is 7. The third kappa shape index (κ3) is 5.03. The summed E-state index contributed by atoms with van der Waals surface area (Å²) in [5.74, 6) is -0.319. The van der Waals surface area contributed by atoms with Crippen LogP contribution in [0.15, 0.2) is 36.7 Å². The van der Waals surface area contributed by atoms with Gasteiger partial charge in [0, 0.05) is 25.3 Å². The predicted molar refractivity (Wildman–Crippen MR) is 123 cm³/mol. The lowest BCUT2D eigenvalue weighted by atomic mass is 10.1. The number of nitrogens with zero attached hydrogens (tertiary/aromatic N) is 5. The molecule has 3 aromatic heterocycles. The topological polar surface area (TPSA) is 105 Å². The summed E-state index contributed by atoms with van der Waals surface area (Å²) in [5.41, 5.74) is 2.80. The van der Waals surface area contributed by atoms with E-state index in [1.807, 2.05) is 30.9 Å². The van der Waals surface area contributed by atoms with Crippen molar-refractivity contribution in [1.29, 1.82) is 0 Å². The maximum atomic E-state index is 12.7. The lowest BCUT2D eigenvalue weighted by Gasteiger charge is -2.18. The molecule has 1 saturated heterocycles. The Hall–Kier alpha value is -3.89. The summed E-state index contributed by atoms with van der Waals surface area (Å²) >= 11 is 0. The monoisotopic (exact) mass is 469 g/mol. The Bertz CT molecular complexity index is 1240. The second-order valence-corrected chi connectivity index (χ2v) is 8.04. The van der Waals surface area contributed by atoms with E-state index < -0.39 is 18.9 Å². The summed E-state index contributed by atoms with van der Waals surface area (Å²) in [4.78, 5) is 35.3. The van der Waals surface area contributed by atoms with Gasteiger partial charge in [-0.2, -0.15) is 0 Å². The van der Waals surface area contributed by atoms with Crippen LogP contribution in [0.3, 0.4) is 0 Å². The van der Waals surface area contributed by atoms with Crippen molar-refractivity contribution < 1.29 is 18.4 Å². The quantitative estimate of drug-likeness (QED) is 0.551. The number of fused-ring (bicyclic) bond motifs is 1. The number of carbonyl (C=O) groups excluding carboxylic acids is 2. The molecule has 178 valence electrons. The summed E-state index contributed by atoms with van der Waals surface area (Å²) < 4.78 is 26.2. The number of pyridine rings is 1. The Morgan fingerprint density at radius 3 is 2.79 bits per heavy atom. The molecule has 0 aromatic carbocycles. The fraction of sp³-hybridized carbons (Fsp3) is 0.348. The summed E-state index contributed by atoms with van der Waals surface area (Å²) in [6, 6.07) is 5.15. The van der Waals surface area contributed by atoms with E-state index >= 15 is 0 Å². The number of alkyl halides is 2. The first-order chi connectivity index (χ1) is 16.4. The number of hydrogen-bond donors (Lipinski definition) is 2. The van der Waals surface area contributed by atoms with E-state index in [0.29, 0.717) is 36.7 Å². The van der Waals surface area contributed by atoms with Crippen molar-refractivity contribution >= 4 is 29.4 Å². The second-order valence-electron chi connectivity index (χ2n) is 8.04. The van der Waals surface area contributed by atoms with Gasteiger partial charge in [-0.15, -0.1) is 5.10 Å². The largest absolute Gasteiger partial charge is 0.353 e. The molecule has 4 heterocycles. The van der Waals surface area contributed by atoms with E-state index in [1.54, 1.807) is 24.4 Å². The summed E-state index contributed by atoms with van der Waals surface area (Å²) in [7, 11) is 0. The zero-order chi connectivity index (χ0) is 24.2. The molecule has 0 radical (unpaired) electrons. The highest BCUT2D eigenvalue weighted by atomic mass is 19.3. The number of carbonyl (C=O) groups is 2. The van der Waals surface area contributed by atoms with Crippen LogP contribution in [0.25, 0.3) is 11.7 Å². The van der Waals surface area contributed by atoms with Gasteiger partial charge in [0.25, 0.3) is 18.2 Å². The summed E-state index contributed by atoms with van der Waals surface area (Å²) in [5, 5.41) is 9.66. The van der Waals surface area contributed by atoms with Crippen LogP contribution >= 0.6 is 0 Å². The molecule has 0 bridgehead atoms. The minimum atomic E-state index is -2.64. The van der Waals surface area contributed by atoms with Crippen molar-refractivity contribution in [3.05, 3.63) is 59.2 Å². The molecule has 0 spiro atoms. The van der Waals surface area contributed by atoms with Crippen LogP contribution in [-0.2, 0) is 0 Å². The molecule has 1 aliphatic heterocycles. The molecule has 11 heteroatoms. The van der Waals surface area contributed by atoms with Crippen molar-refractivity contribution in [2.45, 2.75) is 32.7 Å². The molecule has 2 amide bonds. The number of imidazole rings is 1. The number of aromatic nitrogens is 4. The average molecular weight is 469 g/mol. The van der Waals surface area contributed by atoms with Crippen LogP contribution in [0.1, 0.15) is 45.4 Å². The van der Waals surface area contributed by atoms with Crippen molar-refractivity contribution in [3.63, 3.8) is 0 Å². The van der Waals surface area contributed by atoms with Crippen LogP contribution in [0.5, 0.6) is 0 Å². The van der Waals surface area contributed by atoms with Crippen molar-refractivity contribution in [2.24, 2.45) is 0 Å². The molecule has 1 atom stereocenters. The molecule has 9 nitrogen and oxygen atoms in total. The van der Waals surface area contributed by atoms with Gasteiger partial charge in [-0.1, -0.05) is 12.2 Å². The van der Waals surface area contributed by atoms with Gasteiger partial charge < -0.3 is 15.5 Å². The lowest BCUT2D eigenvalue weighted by molar-refractivity contribution is 0.0884. The number of allylic oxidation sites excluding steroid dienone is 1. The van der Waals surface area contributed by atoms with Gasteiger partial charge in [0.2, 0.25) is 0 Å². The molecule has 0 aliphatic carbocycles. The number of aryl methyl sites for hydroxylation is 1. The first kappa shape index (κ1) is 23.3. The third-order valence-corrected chi connectivity index (χ3v) is 5.58. The molecule has 0 unspecified atom stereocenters. The fourth-order valence-corrected chi connectivity index (χ4v) is 3.84. The van der Waals surface area contributed by atoms with Gasteiger partial charge in [0.15, 0.2) is 11.3 Å². The lowest BCUT2D eigenvalue weighted by Crippen LogP contribution is -2.37. The van der Waals surface area contributed by atoms with E-state index in [0.717, 1.165) is 11.1 Å². The maximum Gasteiger partial charge on any atom is 0.271 e. The number of anilines is 1. The molecular weight excluding hydrogens is 444 g/mol. The Balaban J connectivity index is 1.43. The first-order valence-corrected chi connectivity index (χ1v) is 10.9. The minimum absolute atomic E-state index is 0.0735. The van der Waals surface area contributed by atoms with Crippen LogP contribution in [-0.4, -0.2) is 63.5 Å². The van der Waals surface area contributed by atoms with Gasteiger partial charge in [-0.05, 0) is 49.6 Å². The Morgan fingerprint density at radius 1 is 1.24 bits per heavy atom. The van der Waals surface area contributed by atoms with Crippen LogP contribution in [0.2, 0.25) is 0 Å². The van der Waals surface area contributed by atoms with E-state index in [9.17, 15) is 18.4 Å². The SMILES string of the molecule is C/C=C/c1cnc(C(=O)N[C@H]2CCN(c3ccc4ncc(C(=O)NCC(F)F)n4n3)C2)cc1C. The second kappa shape index (κ2) is 9.94. The first-order valence-electron chi connectivity index (χ1n) is 10.9. The molecule has 1 aliphatic rings. The number of amides is 2. The van der Waals surface area contributed by atoms with Crippen molar-refractivity contribution in [2.75, 3.05) is 24.5 Å². The van der Waals surface area contributed by atoms with Gasteiger partial charge >= 0.3 is 0 Å². The highest BCUT2D eigenvalue weighted by Gasteiger charge is 2.26. The molecule has 34 heavy (non-hydrogen) atoms. The molecule has 2 N–H and O–H groups in total. The van der Waals surface area contributed by atoms with Gasteiger partial charge in [0.1, 0.15) is 11.5 Å². The summed E-state index contributed by atoms with van der Waals surface area (Å²) in [6.07, 6.45) is 4.92. The number of halogens is 2. The van der Waals surface area contributed by atoms with Crippen molar-refractivity contribution in [1.82, 2.24) is 30.2 Å². The molecule has 4 rings (SSSR count). The smallest absolute Gasteiger partial charge is 0.271 e. The van der Waals surface area contributed by atoms with Gasteiger partial charge in [-0.3, -0.25) is 14.6 Å². The van der Waals surface area contributed by atoms with Crippen molar-refractivity contribution in [3.8, 4) is 0 Å². The van der Waals surface area contributed by atoms with Gasteiger partial charge in [0.05, 0.1) is 12.7 Å². The van der Waals surface area contributed by atoms with Gasteiger partial charge in [-0.25, -0.2) is 18.3 Å². The normalized spacial score (nSPS) is 16.0. The minimum Gasteiger partial charge on any atom is -0.353 e. The van der Waals surface area contributed by atoms with E-state index in [1.165, 1.54) is 10.7 Å². The Labute approximate surface area is 194 Å². The zero-order valence-electron chi connectivity index (χ0n) is 18.8. The fourth-order valence-electron chi connectivity index (χ4n) is 3.84. The number of hydrogen-bond acceptors (Lipinski definition) is 6. The third-order valence-electron chi connectivity index (χ3n) is 5.58.